The van der Waals surface area contributed by atoms with E-state index in [1.807, 2.05) is 18.7 Å². The van der Waals surface area contributed by atoms with Gasteiger partial charge in [0.25, 0.3) is 5.56 Å². The van der Waals surface area contributed by atoms with Crippen LogP contribution in [-0.2, 0) is 11.3 Å². The fraction of sp³-hybridized carbons (Fsp3) is 0.286. The van der Waals surface area contributed by atoms with Crippen molar-refractivity contribution in [2.45, 2.75) is 32.5 Å². The molecule has 8 nitrogen and oxygen atoms in total. The van der Waals surface area contributed by atoms with E-state index < -0.39 is 11.4 Å². The second-order valence-electron chi connectivity index (χ2n) is 9.70. The van der Waals surface area contributed by atoms with E-state index in [1.165, 1.54) is 22.8 Å². The first-order valence-electron chi connectivity index (χ1n) is 12.1. The number of hydrogen-bond donors (Lipinski definition) is 0. The summed E-state index contributed by atoms with van der Waals surface area (Å²) in [4.78, 5) is 43.1. The van der Waals surface area contributed by atoms with Gasteiger partial charge in [-0.3, -0.25) is 14.4 Å². The first-order valence-corrected chi connectivity index (χ1v) is 12.1. The van der Waals surface area contributed by atoms with Crippen molar-refractivity contribution in [3.8, 4) is 22.9 Å². The number of amides is 1. The van der Waals surface area contributed by atoms with Crippen molar-refractivity contribution in [2.75, 3.05) is 24.6 Å². The molecule has 1 fully saturated rings. The summed E-state index contributed by atoms with van der Waals surface area (Å²) in [7, 11) is 0. The number of piperazine rings is 1. The standard InChI is InChI=1S/C28H23FN4O4/c1-4-21(34)32-12-15(3)33(13-14(32)2)24-18-10-17-23(22-16(26(17)35)6-5-7-20(22)29)27-25(18)31(8-9-37-27)28(36)19(24)11-30/h4-7,10,14-15H,1,8-9,12-13H2,2-3H3/t14-,15+/m1/s1. The highest BCUT2D eigenvalue weighted by Gasteiger charge is 2.39. The molecule has 3 aliphatic rings. The van der Waals surface area contributed by atoms with Gasteiger partial charge in [0.2, 0.25) is 5.91 Å². The molecule has 0 unspecified atom stereocenters. The molecule has 37 heavy (non-hydrogen) atoms. The van der Waals surface area contributed by atoms with Gasteiger partial charge in [0, 0.05) is 52.8 Å². The number of nitrogens with zero attached hydrogens (tertiary/aromatic N) is 4. The smallest absolute Gasteiger partial charge is 0.271 e. The molecule has 0 radical (unpaired) electrons. The number of fused-ring (bicyclic) bond motifs is 4. The third-order valence-electron chi connectivity index (χ3n) is 7.63. The van der Waals surface area contributed by atoms with Gasteiger partial charge in [-0.25, -0.2) is 4.39 Å². The first-order chi connectivity index (χ1) is 17.8. The Bertz CT molecular complexity index is 1670. The Labute approximate surface area is 211 Å². The Balaban J connectivity index is 1.67. The van der Waals surface area contributed by atoms with Crippen molar-refractivity contribution in [1.82, 2.24) is 9.47 Å². The number of carbonyl (C=O) groups is 2. The summed E-state index contributed by atoms with van der Waals surface area (Å²) in [5.74, 6) is -0.780. The van der Waals surface area contributed by atoms with E-state index in [1.54, 1.807) is 17.0 Å². The number of halogens is 1. The number of nitriles is 1. The number of benzene rings is 2. The normalized spacial score (nSPS) is 19.8. The van der Waals surface area contributed by atoms with E-state index in [9.17, 15) is 19.6 Å². The number of aromatic nitrogens is 1. The summed E-state index contributed by atoms with van der Waals surface area (Å²) >= 11 is 0. The van der Waals surface area contributed by atoms with E-state index in [0.29, 0.717) is 35.2 Å². The van der Waals surface area contributed by atoms with Gasteiger partial charge in [0.15, 0.2) is 11.5 Å². The predicted octanol–water partition coefficient (Wildman–Crippen LogP) is 3.23. The van der Waals surface area contributed by atoms with Gasteiger partial charge in [-0.1, -0.05) is 18.7 Å². The molecule has 0 saturated carbocycles. The SMILES string of the molecule is C=CC(=O)N1C[C@H](C)N(c2c(C#N)c(=O)n3c4c(c5c(cc24)C(=O)c2cccc(F)c2-5)OCC3)C[C@H]1C. The van der Waals surface area contributed by atoms with Gasteiger partial charge in [0.05, 0.1) is 17.7 Å². The van der Waals surface area contributed by atoms with Crippen molar-refractivity contribution in [3.05, 3.63) is 69.8 Å². The zero-order valence-corrected chi connectivity index (χ0v) is 20.4. The number of hydrogen-bond acceptors (Lipinski definition) is 6. The number of carbonyl (C=O) groups excluding carboxylic acids is 2. The summed E-state index contributed by atoms with van der Waals surface area (Å²) in [5, 5.41) is 10.7. The van der Waals surface area contributed by atoms with E-state index in [2.05, 4.69) is 12.6 Å². The zero-order chi connectivity index (χ0) is 26.2. The molecular formula is C28H23FN4O4. The molecule has 6 rings (SSSR count). The average Bonchev–Trinajstić information content (AvgIpc) is 3.19. The van der Waals surface area contributed by atoms with Crippen LogP contribution in [0.25, 0.3) is 22.0 Å². The molecule has 1 saturated heterocycles. The summed E-state index contributed by atoms with van der Waals surface area (Å²) < 4.78 is 22.5. The van der Waals surface area contributed by atoms with Crippen LogP contribution in [0.2, 0.25) is 0 Å². The third-order valence-corrected chi connectivity index (χ3v) is 7.63. The molecule has 1 aliphatic carbocycles. The zero-order valence-electron chi connectivity index (χ0n) is 20.4. The minimum Gasteiger partial charge on any atom is -0.489 e. The number of pyridine rings is 1. The Morgan fingerprint density at radius 2 is 1.97 bits per heavy atom. The van der Waals surface area contributed by atoms with Crippen LogP contribution in [0.15, 0.2) is 41.7 Å². The molecule has 1 amide bonds. The molecule has 1 aromatic heterocycles. The van der Waals surface area contributed by atoms with Gasteiger partial charge >= 0.3 is 0 Å². The van der Waals surface area contributed by atoms with Crippen molar-refractivity contribution < 1.29 is 18.7 Å². The molecule has 0 spiro atoms. The third kappa shape index (κ3) is 3.02. The molecule has 2 aliphatic heterocycles. The van der Waals surface area contributed by atoms with Crippen LogP contribution in [0.4, 0.5) is 10.1 Å². The van der Waals surface area contributed by atoms with E-state index >= 15 is 4.39 Å². The summed E-state index contributed by atoms with van der Waals surface area (Å²) in [5.41, 5.74) is 1.39. The van der Waals surface area contributed by atoms with Crippen molar-refractivity contribution in [1.29, 1.82) is 5.26 Å². The molecule has 3 heterocycles. The fourth-order valence-corrected chi connectivity index (χ4v) is 5.96. The minimum absolute atomic E-state index is 0.0306. The topological polar surface area (TPSA) is 95.6 Å². The number of anilines is 1. The lowest BCUT2D eigenvalue weighted by atomic mass is 9.96. The van der Waals surface area contributed by atoms with Gasteiger partial charge in [-0.05, 0) is 32.1 Å². The molecular weight excluding hydrogens is 475 g/mol. The van der Waals surface area contributed by atoms with Crippen LogP contribution in [0.1, 0.15) is 35.3 Å². The van der Waals surface area contributed by atoms with E-state index in [0.717, 1.165) is 0 Å². The lowest BCUT2D eigenvalue weighted by molar-refractivity contribution is -0.128. The number of rotatable bonds is 2. The second kappa shape index (κ2) is 8.03. The van der Waals surface area contributed by atoms with Crippen LogP contribution < -0.4 is 15.2 Å². The Morgan fingerprint density at radius 3 is 2.70 bits per heavy atom. The molecule has 186 valence electrons. The lowest BCUT2D eigenvalue weighted by Gasteiger charge is -2.45. The first kappa shape index (κ1) is 23.0. The highest BCUT2D eigenvalue weighted by atomic mass is 19.1. The number of ether oxygens (including phenoxy) is 1. The Kier molecular flexibility index (Phi) is 4.99. The minimum atomic E-state index is -0.539. The maximum Gasteiger partial charge on any atom is 0.271 e. The lowest BCUT2D eigenvalue weighted by Crippen LogP contribution is -2.58. The van der Waals surface area contributed by atoms with Crippen LogP contribution in [-0.4, -0.2) is 52.9 Å². The van der Waals surface area contributed by atoms with Gasteiger partial charge in [-0.15, -0.1) is 0 Å². The van der Waals surface area contributed by atoms with Crippen molar-refractivity contribution in [3.63, 3.8) is 0 Å². The highest BCUT2D eigenvalue weighted by molar-refractivity contribution is 6.25. The quantitative estimate of drug-likeness (QED) is 0.394. The van der Waals surface area contributed by atoms with Crippen LogP contribution in [0.5, 0.6) is 5.75 Å². The van der Waals surface area contributed by atoms with Crippen LogP contribution in [0, 0.1) is 17.1 Å². The maximum absolute atomic E-state index is 15.0. The van der Waals surface area contributed by atoms with Crippen LogP contribution >= 0.6 is 0 Å². The second-order valence-corrected chi connectivity index (χ2v) is 9.70. The molecule has 0 N–H and O–H groups in total. The maximum atomic E-state index is 15.0. The highest BCUT2D eigenvalue weighted by Crippen LogP contribution is 2.50. The molecule has 2 atom stereocenters. The Morgan fingerprint density at radius 1 is 1.19 bits per heavy atom. The summed E-state index contributed by atoms with van der Waals surface area (Å²) in [6, 6.07) is 7.67. The van der Waals surface area contributed by atoms with Crippen molar-refractivity contribution in [2.24, 2.45) is 0 Å². The van der Waals surface area contributed by atoms with Gasteiger partial charge < -0.3 is 19.1 Å². The van der Waals surface area contributed by atoms with Crippen LogP contribution in [0.3, 0.4) is 0 Å². The van der Waals surface area contributed by atoms with Gasteiger partial charge in [-0.2, -0.15) is 5.26 Å². The monoisotopic (exact) mass is 498 g/mol. The Hall–Kier alpha value is -4.45. The predicted molar refractivity (Wildman–Crippen MR) is 135 cm³/mol. The van der Waals surface area contributed by atoms with E-state index in [4.69, 9.17) is 4.74 Å². The average molecular weight is 499 g/mol. The summed E-state index contributed by atoms with van der Waals surface area (Å²) in [6.45, 7) is 8.51. The van der Waals surface area contributed by atoms with E-state index in [-0.39, 0.29) is 64.9 Å². The van der Waals surface area contributed by atoms with Crippen molar-refractivity contribution >= 4 is 28.3 Å². The largest absolute Gasteiger partial charge is 0.489 e. The molecule has 9 heteroatoms. The molecule has 3 aromatic rings. The fourth-order valence-electron chi connectivity index (χ4n) is 5.96. The molecule has 2 aromatic carbocycles. The number of ketones is 1. The molecule has 0 bridgehead atoms. The summed E-state index contributed by atoms with van der Waals surface area (Å²) in [6.07, 6.45) is 1.28. The van der Waals surface area contributed by atoms with Gasteiger partial charge in [0.1, 0.15) is 24.1 Å².